The van der Waals surface area contributed by atoms with Gasteiger partial charge in [0.25, 0.3) is 0 Å². The fourth-order valence-corrected chi connectivity index (χ4v) is 2.03. The largest absolute Gasteiger partial charge is 0.489 e. The molecule has 0 spiro atoms. The van der Waals surface area contributed by atoms with Gasteiger partial charge in [-0.25, -0.2) is 4.79 Å². The Morgan fingerprint density at radius 3 is 2.27 bits per heavy atom. The van der Waals surface area contributed by atoms with Crippen molar-refractivity contribution < 1.29 is 22.7 Å². The summed E-state index contributed by atoms with van der Waals surface area (Å²) in [6.45, 7) is 4.32. The first-order valence-electron chi connectivity index (χ1n) is 7.85. The van der Waals surface area contributed by atoms with E-state index in [0.29, 0.717) is 18.0 Å². The number of alkyl halides is 3. The highest BCUT2D eigenvalue weighted by Crippen LogP contribution is 2.30. The topological polar surface area (TPSA) is 50.4 Å². The molecule has 2 amide bonds. The van der Waals surface area contributed by atoms with Crippen LogP contribution in [0, 0.1) is 0 Å². The second-order valence-corrected chi connectivity index (χ2v) is 5.78. The van der Waals surface area contributed by atoms with E-state index >= 15 is 0 Å². The first-order valence-corrected chi connectivity index (χ1v) is 7.85. The second-order valence-electron chi connectivity index (χ2n) is 5.78. The number of urea groups is 1. The minimum Gasteiger partial charge on any atom is -0.489 e. The molecular weight excluding hydrogens is 345 g/mol. The Balaban J connectivity index is 1.99. The first-order chi connectivity index (χ1) is 12.2. The van der Waals surface area contributed by atoms with Crippen molar-refractivity contribution in [3.05, 3.63) is 65.7 Å². The van der Waals surface area contributed by atoms with E-state index in [1.807, 2.05) is 19.9 Å². The minimum atomic E-state index is -4.47. The summed E-state index contributed by atoms with van der Waals surface area (Å²) >= 11 is 0. The van der Waals surface area contributed by atoms with Crippen LogP contribution < -0.4 is 15.4 Å². The molecular formula is C19H19F3N2O2. The molecule has 2 aromatic carbocycles. The third kappa shape index (κ3) is 6.16. The summed E-state index contributed by atoms with van der Waals surface area (Å²) in [7, 11) is 0. The molecule has 0 fully saturated rings. The molecule has 0 saturated heterocycles. The fourth-order valence-electron chi connectivity index (χ4n) is 2.03. The van der Waals surface area contributed by atoms with E-state index in [9.17, 15) is 18.0 Å². The lowest BCUT2D eigenvalue weighted by Crippen LogP contribution is -2.19. The Labute approximate surface area is 149 Å². The van der Waals surface area contributed by atoms with Crippen LogP contribution in [0.2, 0.25) is 0 Å². The summed E-state index contributed by atoms with van der Waals surface area (Å²) in [6, 6.07) is 10.5. The zero-order valence-corrected chi connectivity index (χ0v) is 14.4. The monoisotopic (exact) mass is 364 g/mol. The maximum Gasteiger partial charge on any atom is 0.416 e. The third-order valence-corrected chi connectivity index (χ3v) is 3.28. The Hall–Kier alpha value is -2.96. The number of amides is 2. The Bertz CT molecular complexity index is 797. The predicted octanol–water partition coefficient (Wildman–Crippen LogP) is 5.69. The lowest BCUT2D eigenvalue weighted by atomic mass is 10.2. The molecule has 0 saturated carbocycles. The number of halogens is 3. The van der Waals surface area contributed by atoms with Crippen molar-refractivity contribution in [3.63, 3.8) is 0 Å². The summed E-state index contributed by atoms with van der Waals surface area (Å²) in [4.78, 5) is 12.0. The Morgan fingerprint density at radius 1 is 1.04 bits per heavy atom. The molecule has 0 unspecified atom stereocenters. The van der Waals surface area contributed by atoms with E-state index in [2.05, 4.69) is 10.6 Å². The zero-order chi connectivity index (χ0) is 19.2. The Morgan fingerprint density at radius 2 is 1.65 bits per heavy atom. The van der Waals surface area contributed by atoms with Crippen molar-refractivity contribution in [2.24, 2.45) is 0 Å². The summed E-state index contributed by atoms with van der Waals surface area (Å²) in [5, 5.41) is 4.94. The second kappa shape index (κ2) is 8.42. The summed E-state index contributed by atoms with van der Waals surface area (Å²) in [6.07, 6.45) is -2.55. The maximum atomic E-state index is 12.7. The smallest absolute Gasteiger partial charge is 0.416 e. The van der Waals surface area contributed by atoms with Crippen LogP contribution in [-0.4, -0.2) is 12.6 Å². The minimum absolute atomic E-state index is 0.0493. The molecule has 26 heavy (non-hydrogen) atoms. The molecule has 0 atom stereocenters. The third-order valence-electron chi connectivity index (χ3n) is 3.28. The lowest BCUT2D eigenvalue weighted by molar-refractivity contribution is -0.137. The van der Waals surface area contributed by atoms with Gasteiger partial charge in [0.05, 0.1) is 5.56 Å². The molecule has 2 N–H and O–H groups in total. The van der Waals surface area contributed by atoms with Gasteiger partial charge in [-0.15, -0.1) is 0 Å². The van der Waals surface area contributed by atoms with Crippen molar-refractivity contribution in [1.29, 1.82) is 0 Å². The van der Waals surface area contributed by atoms with Crippen LogP contribution in [0.5, 0.6) is 5.75 Å². The number of carbonyl (C=O) groups is 1. The lowest BCUT2D eigenvalue weighted by Gasteiger charge is -2.11. The molecule has 0 bridgehead atoms. The van der Waals surface area contributed by atoms with Gasteiger partial charge in [0.15, 0.2) is 0 Å². The van der Waals surface area contributed by atoms with Gasteiger partial charge in [-0.05, 0) is 50.3 Å². The summed E-state index contributed by atoms with van der Waals surface area (Å²) in [5.41, 5.74) is 0.808. The van der Waals surface area contributed by atoms with Crippen molar-refractivity contribution in [3.8, 4) is 5.75 Å². The number of ether oxygens (including phenoxy) is 1. The van der Waals surface area contributed by atoms with Crippen LogP contribution in [0.25, 0.3) is 0 Å². The summed E-state index contributed by atoms with van der Waals surface area (Å²) < 4.78 is 43.6. The molecule has 0 aromatic heterocycles. The average molecular weight is 364 g/mol. The molecule has 4 nitrogen and oxygen atoms in total. The number of allylic oxidation sites excluding steroid dienone is 1. The van der Waals surface area contributed by atoms with Gasteiger partial charge in [-0.1, -0.05) is 17.7 Å². The molecule has 0 heterocycles. The van der Waals surface area contributed by atoms with Crippen LogP contribution in [0.4, 0.5) is 29.3 Å². The van der Waals surface area contributed by atoms with Gasteiger partial charge in [-0.2, -0.15) is 13.2 Å². The molecule has 7 heteroatoms. The highest BCUT2D eigenvalue weighted by molar-refractivity contribution is 5.99. The average Bonchev–Trinajstić information content (AvgIpc) is 2.54. The highest BCUT2D eigenvalue weighted by Gasteiger charge is 2.30. The number of nitrogens with one attached hydrogen (secondary N) is 2. The molecule has 2 rings (SSSR count). The van der Waals surface area contributed by atoms with E-state index in [-0.39, 0.29) is 5.69 Å². The molecule has 2 aromatic rings. The number of anilines is 2. The van der Waals surface area contributed by atoms with Gasteiger partial charge in [0, 0.05) is 17.4 Å². The van der Waals surface area contributed by atoms with Gasteiger partial charge in [-0.3, -0.25) is 0 Å². The van der Waals surface area contributed by atoms with E-state index < -0.39 is 17.8 Å². The van der Waals surface area contributed by atoms with Crippen molar-refractivity contribution >= 4 is 17.4 Å². The van der Waals surface area contributed by atoms with E-state index in [0.717, 1.165) is 17.7 Å². The van der Waals surface area contributed by atoms with Gasteiger partial charge < -0.3 is 15.4 Å². The number of hydrogen-bond acceptors (Lipinski definition) is 2. The van der Waals surface area contributed by atoms with E-state index in [1.54, 1.807) is 24.3 Å². The number of hydrogen-bond donors (Lipinski definition) is 2. The van der Waals surface area contributed by atoms with Crippen molar-refractivity contribution in [2.45, 2.75) is 20.0 Å². The standard InChI is InChI=1S/C19H19F3N2O2/c1-13(2)9-10-26-17-8-4-7-16(12-17)24-18(25)23-15-6-3-5-14(11-15)19(20,21)22/h3-9,11-12H,10H2,1-2H3,(H2,23,24,25). The highest BCUT2D eigenvalue weighted by atomic mass is 19.4. The molecule has 0 aliphatic carbocycles. The summed E-state index contributed by atoms with van der Waals surface area (Å²) in [5.74, 6) is 0.569. The normalized spacial score (nSPS) is 10.8. The maximum absolute atomic E-state index is 12.7. The van der Waals surface area contributed by atoms with Crippen LogP contribution in [0.15, 0.2) is 60.2 Å². The van der Waals surface area contributed by atoms with Crippen LogP contribution in [0.1, 0.15) is 19.4 Å². The fraction of sp³-hybridized carbons (Fsp3) is 0.211. The SMILES string of the molecule is CC(C)=CCOc1cccc(NC(=O)Nc2cccc(C(F)(F)F)c2)c1. The molecule has 138 valence electrons. The molecule has 0 radical (unpaired) electrons. The van der Waals surface area contributed by atoms with Crippen molar-refractivity contribution in [1.82, 2.24) is 0 Å². The quantitative estimate of drug-likeness (QED) is 0.669. The molecule has 0 aliphatic rings. The number of benzene rings is 2. The number of rotatable bonds is 5. The number of carbonyl (C=O) groups excluding carboxylic acids is 1. The first kappa shape index (κ1) is 19.4. The van der Waals surface area contributed by atoms with Gasteiger partial charge in [0.1, 0.15) is 12.4 Å². The van der Waals surface area contributed by atoms with Crippen LogP contribution in [0.3, 0.4) is 0 Å². The zero-order valence-electron chi connectivity index (χ0n) is 14.4. The Kier molecular flexibility index (Phi) is 6.27. The van der Waals surface area contributed by atoms with Crippen LogP contribution >= 0.6 is 0 Å². The van der Waals surface area contributed by atoms with Gasteiger partial charge in [0.2, 0.25) is 0 Å². The van der Waals surface area contributed by atoms with Crippen LogP contribution in [-0.2, 0) is 6.18 Å². The predicted molar refractivity (Wildman–Crippen MR) is 95.5 cm³/mol. The molecule has 0 aliphatic heterocycles. The van der Waals surface area contributed by atoms with Gasteiger partial charge >= 0.3 is 12.2 Å². The van der Waals surface area contributed by atoms with Crippen molar-refractivity contribution in [2.75, 3.05) is 17.2 Å². The van der Waals surface area contributed by atoms with E-state index in [1.165, 1.54) is 12.1 Å². The van der Waals surface area contributed by atoms with E-state index in [4.69, 9.17) is 4.74 Å².